The Bertz CT molecular complexity index is 594. The first-order valence-corrected chi connectivity index (χ1v) is 9.49. The maximum Gasteiger partial charge on any atom is 0.227 e. The Labute approximate surface area is 151 Å². The molecule has 2 aliphatic rings. The fourth-order valence-corrected chi connectivity index (χ4v) is 3.84. The number of likely N-dealkylation sites (tertiary alicyclic amines) is 1. The van der Waals surface area contributed by atoms with Gasteiger partial charge in [0.1, 0.15) is 0 Å². The molecule has 2 N–H and O–H groups in total. The number of anilines is 1. The minimum Gasteiger partial charge on any atom is -0.343 e. The van der Waals surface area contributed by atoms with E-state index in [0.717, 1.165) is 42.4 Å². The van der Waals surface area contributed by atoms with Gasteiger partial charge in [0.25, 0.3) is 0 Å². The SMILES string of the molecule is O=C(Nc1ccccc1Br)C1CCN(C(=O)CC2CCCN2)CC1. The predicted molar refractivity (Wildman–Crippen MR) is 97.7 cm³/mol. The first-order valence-electron chi connectivity index (χ1n) is 8.70. The van der Waals surface area contributed by atoms with Gasteiger partial charge in [-0.05, 0) is 60.3 Å². The number of benzene rings is 1. The fourth-order valence-electron chi connectivity index (χ4n) is 3.46. The average molecular weight is 394 g/mol. The van der Waals surface area contributed by atoms with Gasteiger partial charge < -0.3 is 15.5 Å². The molecule has 2 heterocycles. The molecule has 1 unspecified atom stereocenters. The van der Waals surface area contributed by atoms with Crippen LogP contribution < -0.4 is 10.6 Å². The Balaban J connectivity index is 1.46. The van der Waals surface area contributed by atoms with Gasteiger partial charge in [0.2, 0.25) is 11.8 Å². The Morgan fingerprint density at radius 3 is 2.62 bits per heavy atom. The normalized spacial score (nSPS) is 21.7. The quantitative estimate of drug-likeness (QED) is 0.826. The van der Waals surface area contributed by atoms with E-state index in [1.54, 1.807) is 0 Å². The van der Waals surface area contributed by atoms with E-state index in [4.69, 9.17) is 0 Å². The maximum atomic E-state index is 12.4. The van der Waals surface area contributed by atoms with Gasteiger partial charge in [-0.1, -0.05) is 12.1 Å². The molecule has 5 nitrogen and oxygen atoms in total. The number of para-hydroxylation sites is 1. The van der Waals surface area contributed by atoms with E-state index in [9.17, 15) is 9.59 Å². The molecule has 2 amide bonds. The molecule has 24 heavy (non-hydrogen) atoms. The molecule has 6 heteroatoms. The Kier molecular flexibility index (Phi) is 5.89. The highest BCUT2D eigenvalue weighted by atomic mass is 79.9. The number of hydrogen-bond donors (Lipinski definition) is 2. The van der Waals surface area contributed by atoms with Crippen LogP contribution in [0.2, 0.25) is 0 Å². The van der Waals surface area contributed by atoms with Crippen molar-refractivity contribution in [1.82, 2.24) is 10.2 Å². The second-order valence-corrected chi connectivity index (χ2v) is 7.48. The first kappa shape index (κ1) is 17.4. The number of carbonyl (C=O) groups is 2. The van der Waals surface area contributed by atoms with E-state index >= 15 is 0 Å². The summed E-state index contributed by atoms with van der Waals surface area (Å²) in [6, 6.07) is 7.96. The lowest BCUT2D eigenvalue weighted by molar-refractivity contribution is -0.134. The molecule has 130 valence electrons. The summed E-state index contributed by atoms with van der Waals surface area (Å²) in [5.74, 6) is 0.247. The molecule has 1 atom stereocenters. The van der Waals surface area contributed by atoms with Crippen LogP contribution in [0.15, 0.2) is 28.7 Å². The van der Waals surface area contributed by atoms with Crippen molar-refractivity contribution >= 4 is 33.4 Å². The number of piperidine rings is 1. The van der Waals surface area contributed by atoms with Crippen LogP contribution in [0.4, 0.5) is 5.69 Å². The van der Waals surface area contributed by atoms with E-state index in [-0.39, 0.29) is 17.7 Å². The van der Waals surface area contributed by atoms with E-state index in [0.29, 0.717) is 25.6 Å². The van der Waals surface area contributed by atoms with Crippen molar-refractivity contribution in [2.75, 3.05) is 25.0 Å². The van der Waals surface area contributed by atoms with Gasteiger partial charge in [-0.2, -0.15) is 0 Å². The summed E-state index contributed by atoms with van der Waals surface area (Å²) in [6.45, 7) is 2.38. The minimum atomic E-state index is -0.0224. The van der Waals surface area contributed by atoms with Crippen molar-refractivity contribution in [2.24, 2.45) is 5.92 Å². The number of nitrogens with one attached hydrogen (secondary N) is 2. The van der Waals surface area contributed by atoms with Crippen LogP contribution in [0.25, 0.3) is 0 Å². The highest BCUT2D eigenvalue weighted by Gasteiger charge is 2.29. The lowest BCUT2D eigenvalue weighted by Gasteiger charge is -2.32. The second kappa shape index (κ2) is 8.12. The highest BCUT2D eigenvalue weighted by Crippen LogP contribution is 2.25. The Morgan fingerprint density at radius 1 is 1.21 bits per heavy atom. The van der Waals surface area contributed by atoms with Crippen molar-refractivity contribution in [3.8, 4) is 0 Å². The summed E-state index contributed by atoms with van der Waals surface area (Å²) in [5, 5.41) is 6.35. The molecule has 0 aromatic heterocycles. The first-order chi connectivity index (χ1) is 11.6. The second-order valence-electron chi connectivity index (χ2n) is 6.62. The number of nitrogens with zero attached hydrogens (tertiary/aromatic N) is 1. The van der Waals surface area contributed by atoms with Gasteiger partial charge in [-0.3, -0.25) is 9.59 Å². The van der Waals surface area contributed by atoms with Crippen LogP contribution in [-0.4, -0.2) is 42.4 Å². The van der Waals surface area contributed by atoms with Crippen LogP contribution in [0, 0.1) is 5.92 Å². The standard InChI is InChI=1S/C18H24BrN3O2/c19-15-5-1-2-6-16(15)21-18(24)13-7-10-22(11-8-13)17(23)12-14-4-3-9-20-14/h1-2,5-6,13-14,20H,3-4,7-12H2,(H,21,24). The topological polar surface area (TPSA) is 61.4 Å². The largest absolute Gasteiger partial charge is 0.343 e. The summed E-state index contributed by atoms with van der Waals surface area (Å²) in [4.78, 5) is 26.7. The predicted octanol–water partition coefficient (Wildman–Crippen LogP) is 2.77. The molecule has 0 saturated carbocycles. The van der Waals surface area contributed by atoms with E-state index < -0.39 is 0 Å². The van der Waals surface area contributed by atoms with Crippen LogP contribution in [0.3, 0.4) is 0 Å². The van der Waals surface area contributed by atoms with Gasteiger partial charge in [0.15, 0.2) is 0 Å². The summed E-state index contributed by atoms with van der Waals surface area (Å²) >= 11 is 3.45. The summed E-state index contributed by atoms with van der Waals surface area (Å²) < 4.78 is 0.884. The maximum absolute atomic E-state index is 12.4. The average Bonchev–Trinajstić information content (AvgIpc) is 3.10. The van der Waals surface area contributed by atoms with Gasteiger partial charge in [0, 0.05) is 35.9 Å². The van der Waals surface area contributed by atoms with Crippen molar-refractivity contribution in [1.29, 1.82) is 0 Å². The summed E-state index contributed by atoms with van der Waals surface area (Å²) in [5.41, 5.74) is 0.799. The molecular weight excluding hydrogens is 370 g/mol. The summed E-state index contributed by atoms with van der Waals surface area (Å²) in [6.07, 6.45) is 4.32. The van der Waals surface area contributed by atoms with Crippen molar-refractivity contribution in [2.45, 2.75) is 38.1 Å². The molecule has 0 spiro atoms. The van der Waals surface area contributed by atoms with Crippen LogP contribution in [0.1, 0.15) is 32.1 Å². The zero-order valence-electron chi connectivity index (χ0n) is 13.8. The molecule has 1 aromatic carbocycles. The molecule has 2 saturated heterocycles. The zero-order valence-corrected chi connectivity index (χ0v) is 15.3. The third-order valence-corrected chi connectivity index (χ3v) is 5.63. The van der Waals surface area contributed by atoms with Gasteiger partial charge in [-0.15, -0.1) is 0 Å². The molecule has 1 aromatic rings. The fraction of sp³-hybridized carbons (Fsp3) is 0.556. The molecule has 0 bridgehead atoms. The van der Waals surface area contributed by atoms with Crippen LogP contribution in [0.5, 0.6) is 0 Å². The van der Waals surface area contributed by atoms with Crippen LogP contribution in [-0.2, 0) is 9.59 Å². The summed E-state index contributed by atoms with van der Waals surface area (Å²) in [7, 11) is 0. The lowest BCUT2D eigenvalue weighted by atomic mass is 9.95. The third-order valence-electron chi connectivity index (χ3n) is 4.93. The van der Waals surface area contributed by atoms with Crippen molar-refractivity contribution in [3.63, 3.8) is 0 Å². The van der Waals surface area contributed by atoms with Gasteiger partial charge >= 0.3 is 0 Å². The third kappa shape index (κ3) is 4.36. The molecular formula is C18H24BrN3O2. The minimum absolute atomic E-state index is 0.0224. The van der Waals surface area contributed by atoms with Crippen LogP contribution >= 0.6 is 15.9 Å². The Morgan fingerprint density at radius 2 is 1.96 bits per heavy atom. The number of hydrogen-bond acceptors (Lipinski definition) is 3. The molecule has 2 aliphatic heterocycles. The molecule has 3 rings (SSSR count). The van der Waals surface area contributed by atoms with Crippen molar-refractivity contribution in [3.05, 3.63) is 28.7 Å². The van der Waals surface area contributed by atoms with Crippen molar-refractivity contribution < 1.29 is 9.59 Å². The van der Waals surface area contributed by atoms with Gasteiger partial charge in [0.05, 0.1) is 5.69 Å². The smallest absolute Gasteiger partial charge is 0.227 e. The van der Waals surface area contributed by atoms with Gasteiger partial charge in [-0.25, -0.2) is 0 Å². The molecule has 2 fully saturated rings. The van der Waals surface area contributed by atoms with E-state index in [1.165, 1.54) is 0 Å². The Hall–Kier alpha value is -1.40. The van der Waals surface area contributed by atoms with E-state index in [2.05, 4.69) is 26.6 Å². The molecule has 0 aliphatic carbocycles. The number of rotatable bonds is 4. The lowest BCUT2D eigenvalue weighted by Crippen LogP contribution is -2.43. The molecule has 0 radical (unpaired) electrons. The van der Waals surface area contributed by atoms with E-state index in [1.807, 2.05) is 29.2 Å². The zero-order chi connectivity index (χ0) is 16.9. The monoisotopic (exact) mass is 393 g/mol. The number of amides is 2. The highest BCUT2D eigenvalue weighted by molar-refractivity contribution is 9.10. The number of carbonyl (C=O) groups excluding carboxylic acids is 2. The number of halogens is 1.